The summed E-state index contributed by atoms with van der Waals surface area (Å²) in [6.07, 6.45) is 8.87. The van der Waals surface area contributed by atoms with Gasteiger partial charge in [-0.25, -0.2) is 18.1 Å². The zero-order valence-corrected chi connectivity index (χ0v) is 16.8. The number of hydrogen-bond donors (Lipinski definition) is 1. The molecule has 8 nitrogen and oxygen atoms in total. The lowest BCUT2D eigenvalue weighted by Gasteiger charge is -2.27. The van der Waals surface area contributed by atoms with Gasteiger partial charge < -0.3 is 14.2 Å². The molecule has 1 saturated heterocycles. The Morgan fingerprint density at radius 2 is 2.04 bits per heavy atom. The first kappa shape index (κ1) is 20.3. The van der Waals surface area contributed by atoms with Gasteiger partial charge in [0, 0.05) is 38.6 Å². The molecule has 0 aliphatic carbocycles. The van der Waals surface area contributed by atoms with E-state index in [4.69, 9.17) is 4.74 Å². The van der Waals surface area contributed by atoms with E-state index in [1.54, 1.807) is 17.4 Å². The molecule has 0 atom stereocenters. The van der Waals surface area contributed by atoms with Crippen LogP contribution in [-0.4, -0.2) is 55.5 Å². The fourth-order valence-electron chi connectivity index (χ4n) is 3.26. The molecule has 0 saturated carbocycles. The van der Waals surface area contributed by atoms with Gasteiger partial charge in [-0.15, -0.1) is 0 Å². The third-order valence-corrected chi connectivity index (χ3v) is 6.26. The second-order valence-corrected chi connectivity index (χ2v) is 8.53. The Kier molecular flexibility index (Phi) is 6.69. The summed E-state index contributed by atoms with van der Waals surface area (Å²) in [6, 6.07) is 4.41. The molecule has 152 valence electrons. The van der Waals surface area contributed by atoms with Crippen LogP contribution in [0.25, 0.3) is 0 Å². The summed E-state index contributed by atoms with van der Waals surface area (Å²) in [5.41, 5.74) is 0.283. The van der Waals surface area contributed by atoms with Gasteiger partial charge in [0.2, 0.25) is 10.0 Å². The van der Waals surface area contributed by atoms with Crippen molar-refractivity contribution in [3.05, 3.63) is 42.5 Å². The lowest BCUT2D eigenvalue weighted by Crippen LogP contribution is -2.36. The molecular formula is C19H26N4O4S. The van der Waals surface area contributed by atoms with Gasteiger partial charge in [0.1, 0.15) is 5.75 Å². The first-order chi connectivity index (χ1) is 13.5. The maximum atomic E-state index is 12.9. The molecular weight excluding hydrogens is 380 g/mol. The van der Waals surface area contributed by atoms with Crippen molar-refractivity contribution < 1.29 is 17.9 Å². The van der Waals surface area contributed by atoms with Gasteiger partial charge in [-0.2, -0.15) is 0 Å². The van der Waals surface area contributed by atoms with Crippen molar-refractivity contribution in [2.24, 2.45) is 0 Å². The number of aryl methyl sites for hydroxylation is 1. The largest absolute Gasteiger partial charge is 0.496 e. The molecule has 0 radical (unpaired) electrons. The highest BCUT2D eigenvalue weighted by Gasteiger charge is 2.24. The number of nitrogens with one attached hydrogen (secondary N) is 1. The number of amides is 1. The van der Waals surface area contributed by atoms with Crippen LogP contribution < -0.4 is 9.46 Å². The van der Waals surface area contributed by atoms with Gasteiger partial charge in [-0.1, -0.05) is 0 Å². The lowest BCUT2D eigenvalue weighted by atomic mass is 10.1. The number of carbonyl (C=O) groups is 1. The summed E-state index contributed by atoms with van der Waals surface area (Å²) in [7, 11) is -2.24. The molecule has 28 heavy (non-hydrogen) atoms. The molecule has 1 N–H and O–H groups in total. The van der Waals surface area contributed by atoms with E-state index >= 15 is 0 Å². The summed E-state index contributed by atoms with van der Waals surface area (Å²) in [5.74, 6) is 0.198. The van der Waals surface area contributed by atoms with Crippen LogP contribution in [0.4, 0.5) is 0 Å². The molecule has 0 spiro atoms. The maximum absolute atomic E-state index is 12.9. The second-order valence-electron chi connectivity index (χ2n) is 6.77. The highest BCUT2D eigenvalue weighted by Crippen LogP contribution is 2.25. The van der Waals surface area contributed by atoms with E-state index in [1.165, 1.54) is 25.3 Å². The van der Waals surface area contributed by atoms with Crippen LogP contribution >= 0.6 is 0 Å². The first-order valence-electron chi connectivity index (χ1n) is 9.44. The maximum Gasteiger partial charge on any atom is 0.257 e. The summed E-state index contributed by atoms with van der Waals surface area (Å²) in [5, 5.41) is 0. The van der Waals surface area contributed by atoms with Crippen molar-refractivity contribution in [3.63, 3.8) is 0 Å². The number of ether oxygens (including phenoxy) is 1. The highest BCUT2D eigenvalue weighted by molar-refractivity contribution is 7.89. The van der Waals surface area contributed by atoms with Crippen LogP contribution in [0.15, 0.2) is 41.8 Å². The number of carbonyl (C=O) groups excluding carboxylic acids is 1. The molecule has 2 aromatic rings. The third kappa shape index (κ3) is 4.90. The minimum absolute atomic E-state index is 0.0660. The molecule has 9 heteroatoms. The number of aromatic nitrogens is 2. The van der Waals surface area contributed by atoms with Crippen LogP contribution in [0.2, 0.25) is 0 Å². The molecule has 1 aliphatic heterocycles. The number of nitrogens with zero attached hydrogens (tertiary/aromatic N) is 3. The number of benzene rings is 1. The fraction of sp³-hybridized carbons (Fsp3) is 0.474. The number of imidazole rings is 1. The van der Waals surface area contributed by atoms with Gasteiger partial charge >= 0.3 is 0 Å². The molecule has 1 aliphatic rings. The van der Waals surface area contributed by atoms with Crippen LogP contribution in [0, 0.1) is 0 Å². The van der Waals surface area contributed by atoms with E-state index < -0.39 is 10.0 Å². The molecule has 1 amide bonds. The molecule has 0 bridgehead atoms. The van der Waals surface area contributed by atoms with Gasteiger partial charge in [-0.05, 0) is 43.9 Å². The van der Waals surface area contributed by atoms with Gasteiger partial charge in [-0.3, -0.25) is 4.79 Å². The number of piperidine rings is 1. The Morgan fingerprint density at radius 1 is 1.25 bits per heavy atom. The molecule has 1 aromatic carbocycles. The number of hydrogen-bond acceptors (Lipinski definition) is 5. The van der Waals surface area contributed by atoms with Crippen molar-refractivity contribution in [2.45, 2.75) is 37.1 Å². The smallest absolute Gasteiger partial charge is 0.257 e. The van der Waals surface area contributed by atoms with E-state index in [-0.39, 0.29) is 16.4 Å². The van der Waals surface area contributed by atoms with Gasteiger partial charge in [0.25, 0.3) is 5.91 Å². The minimum Gasteiger partial charge on any atom is -0.496 e. The average molecular weight is 407 g/mol. The van der Waals surface area contributed by atoms with E-state index in [1.807, 2.05) is 10.8 Å². The quantitative estimate of drug-likeness (QED) is 0.676. The Labute approximate surface area is 165 Å². The zero-order chi connectivity index (χ0) is 20.0. The second kappa shape index (κ2) is 9.20. The Morgan fingerprint density at radius 3 is 2.71 bits per heavy atom. The number of likely N-dealkylation sites (tertiary alicyclic amines) is 1. The Balaban J connectivity index is 1.70. The SMILES string of the molecule is COc1ccc(S(=O)(=O)NCCCn2ccnc2)cc1C(=O)N1CCCCC1. The highest BCUT2D eigenvalue weighted by atomic mass is 32.2. The summed E-state index contributed by atoms with van der Waals surface area (Å²) >= 11 is 0. The van der Waals surface area contributed by atoms with Crippen LogP contribution in [0.1, 0.15) is 36.0 Å². The third-order valence-electron chi connectivity index (χ3n) is 4.80. The van der Waals surface area contributed by atoms with Crippen molar-refractivity contribution in [3.8, 4) is 5.75 Å². The standard InChI is InChI=1S/C19H26N4O4S/c1-27-18-7-6-16(14-17(18)19(24)23-11-3-2-4-12-23)28(25,26)21-8-5-10-22-13-9-20-15-22/h6-7,9,13-15,21H,2-5,8,10-12H2,1H3. The number of rotatable bonds is 8. The lowest BCUT2D eigenvalue weighted by molar-refractivity contribution is 0.0720. The number of sulfonamides is 1. The van der Waals surface area contributed by atoms with Crippen molar-refractivity contribution >= 4 is 15.9 Å². The molecule has 2 heterocycles. The van der Waals surface area contributed by atoms with Crippen LogP contribution in [0.3, 0.4) is 0 Å². The topological polar surface area (TPSA) is 93.5 Å². The first-order valence-corrected chi connectivity index (χ1v) is 10.9. The van der Waals surface area contributed by atoms with E-state index in [2.05, 4.69) is 9.71 Å². The van der Waals surface area contributed by atoms with E-state index in [9.17, 15) is 13.2 Å². The van der Waals surface area contributed by atoms with Crippen molar-refractivity contribution in [1.82, 2.24) is 19.2 Å². The van der Waals surface area contributed by atoms with Gasteiger partial charge in [0.15, 0.2) is 0 Å². The zero-order valence-electron chi connectivity index (χ0n) is 16.0. The molecule has 1 fully saturated rings. The number of methoxy groups -OCH3 is 1. The minimum atomic E-state index is -3.71. The van der Waals surface area contributed by atoms with Gasteiger partial charge in [0.05, 0.1) is 23.9 Å². The monoisotopic (exact) mass is 406 g/mol. The van der Waals surface area contributed by atoms with Crippen LogP contribution in [0.5, 0.6) is 5.75 Å². The summed E-state index contributed by atoms with van der Waals surface area (Å²) < 4.78 is 35.1. The van der Waals surface area contributed by atoms with E-state index in [0.717, 1.165) is 19.3 Å². The average Bonchev–Trinajstić information content (AvgIpc) is 3.24. The van der Waals surface area contributed by atoms with Crippen LogP contribution in [-0.2, 0) is 16.6 Å². The normalized spacial score (nSPS) is 14.8. The predicted octanol–water partition coefficient (Wildman–Crippen LogP) is 1.89. The molecule has 3 rings (SSSR count). The van der Waals surface area contributed by atoms with E-state index in [0.29, 0.717) is 38.3 Å². The Bertz CT molecular complexity index is 891. The van der Waals surface area contributed by atoms with Crippen molar-refractivity contribution in [2.75, 3.05) is 26.7 Å². The predicted molar refractivity (Wildman–Crippen MR) is 105 cm³/mol. The Hall–Kier alpha value is -2.39. The summed E-state index contributed by atoms with van der Waals surface area (Å²) in [4.78, 5) is 18.7. The van der Waals surface area contributed by atoms with Crippen molar-refractivity contribution in [1.29, 1.82) is 0 Å². The summed E-state index contributed by atoms with van der Waals surface area (Å²) in [6.45, 7) is 2.34. The fourth-order valence-corrected chi connectivity index (χ4v) is 4.36. The molecule has 1 aromatic heterocycles. The molecule has 0 unspecified atom stereocenters.